The lowest BCUT2D eigenvalue weighted by Crippen LogP contribution is -2.45. The van der Waals surface area contributed by atoms with Gasteiger partial charge in [-0.3, -0.25) is 4.79 Å². The second-order valence-corrected chi connectivity index (χ2v) is 6.45. The Morgan fingerprint density at radius 3 is 2.53 bits per heavy atom. The fourth-order valence-corrected chi connectivity index (χ4v) is 2.56. The monoisotopic (exact) mass is 270 g/mol. The highest BCUT2D eigenvalue weighted by molar-refractivity contribution is 5.76. The predicted octanol–water partition coefficient (Wildman–Crippen LogP) is 1.91. The van der Waals surface area contributed by atoms with Crippen LogP contribution in [0.2, 0.25) is 0 Å². The summed E-state index contributed by atoms with van der Waals surface area (Å²) in [6.07, 6.45) is 6.63. The Morgan fingerprint density at radius 2 is 2.05 bits per heavy atom. The van der Waals surface area contributed by atoms with Crippen LogP contribution in [0, 0.1) is 5.41 Å². The molecule has 1 aliphatic carbocycles. The molecule has 0 spiro atoms. The van der Waals surface area contributed by atoms with E-state index in [0.29, 0.717) is 32.0 Å². The molecule has 1 saturated carbocycles. The summed E-state index contributed by atoms with van der Waals surface area (Å²) in [4.78, 5) is 14.3. The van der Waals surface area contributed by atoms with Gasteiger partial charge in [-0.25, -0.2) is 0 Å². The minimum absolute atomic E-state index is 0.146. The Bertz CT molecular complexity index is 275. The molecule has 0 aromatic heterocycles. The summed E-state index contributed by atoms with van der Waals surface area (Å²) in [5.74, 6) is 0.253. The minimum Gasteiger partial charge on any atom is -0.396 e. The number of aliphatic hydroxyl groups excluding tert-OH is 1. The number of carbonyl (C=O) groups is 1. The van der Waals surface area contributed by atoms with E-state index >= 15 is 0 Å². The number of nitrogens with zero attached hydrogens (tertiary/aromatic N) is 1. The Labute approximate surface area is 117 Å². The zero-order chi connectivity index (χ0) is 14.3. The summed E-state index contributed by atoms with van der Waals surface area (Å²) in [6, 6.07) is 0.427. The molecule has 1 fully saturated rings. The molecule has 0 unspecified atom stereocenters. The van der Waals surface area contributed by atoms with Crippen molar-refractivity contribution in [3.05, 3.63) is 0 Å². The second-order valence-electron chi connectivity index (χ2n) is 6.45. The summed E-state index contributed by atoms with van der Waals surface area (Å²) in [5, 5.41) is 8.95. The van der Waals surface area contributed by atoms with Crippen molar-refractivity contribution in [1.82, 2.24) is 4.90 Å². The second kappa shape index (κ2) is 7.85. The van der Waals surface area contributed by atoms with E-state index in [1.54, 1.807) is 0 Å². The maximum absolute atomic E-state index is 12.3. The van der Waals surface area contributed by atoms with E-state index in [0.717, 1.165) is 25.7 Å². The molecule has 0 aromatic carbocycles. The number of amides is 1. The molecule has 1 rings (SSSR count). The van der Waals surface area contributed by atoms with Crippen molar-refractivity contribution >= 4 is 5.91 Å². The van der Waals surface area contributed by atoms with E-state index in [2.05, 4.69) is 13.8 Å². The quantitative estimate of drug-likeness (QED) is 0.672. The molecular formula is C15H30N2O2. The highest BCUT2D eigenvalue weighted by Gasteiger charge is 2.29. The molecule has 112 valence electrons. The van der Waals surface area contributed by atoms with Crippen LogP contribution < -0.4 is 5.73 Å². The van der Waals surface area contributed by atoms with E-state index in [1.807, 2.05) is 4.90 Å². The fraction of sp³-hybridized carbons (Fsp3) is 0.933. The van der Waals surface area contributed by atoms with Crippen molar-refractivity contribution in [2.75, 3.05) is 19.7 Å². The third-order valence-corrected chi connectivity index (χ3v) is 4.23. The molecule has 0 bridgehead atoms. The number of nitrogens with two attached hydrogens (primary N) is 1. The maximum Gasteiger partial charge on any atom is 0.222 e. The van der Waals surface area contributed by atoms with E-state index in [4.69, 9.17) is 10.8 Å². The molecule has 0 aliphatic heterocycles. The molecule has 0 radical (unpaired) electrons. The van der Waals surface area contributed by atoms with Crippen LogP contribution in [-0.2, 0) is 4.79 Å². The minimum atomic E-state index is 0.146. The Balaban J connectivity index is 2.42. The van der Waals surface area contributed by atoms with Gasteiger partial charge in [-0.2, -0.15) is 0 Å². The van der Waals surface area contributed by atoms with E-state index in [9.17, 15) is 4.79 Å². The highest BCUT2D eigenvalue weighted by atomic mass is 16.3. The SMILES string of the molecule is CC(C)(CCN)CCC(=O)N(CCCO)C1CCC1. The van der Waals surface area contributed by atoms with Gasteiger partial charge in [0.2, 0.25) is 5.91 Å². The van der Waals surface area contributed by atoms with Crippen molar-refractivity contribution in [3.63, 3.8) is 0 Å². The smallest absolute Gasteiger partial charge is 0.222 e. The largest absolute Gasteiger partial charge is 0.396 e. The van der Waals surface area contributed by atoms with Crippen molar-refractivity contribution in [3.8, 4) is 0 Å². The first-order valence-electron chi connectivity index (χ1n) is 7.60. The number of rotatable bonds is 9. The number of hydrogen-bond acceptors (Lipinski definition) is 3. The number of aliphatic hydroxyl groups is 1. The third-order valence-electron chi connectivity index (χ3n) is 4.23. The Kier molecular flexibility index (Phi) is 6.80. The summed E-state index contributed by atoms with van der Waals surface area (Å²) in [6.45, 7) is 5.90. The van der Waals surface area contributed by atoms with Crippen molar-refractivity contribution in [2.45, 2.75) is 64.8 Å². The summed E-state index contributed by atoms with van der Waals surface area (Å²) in [7, 11) is 0. The van der Waals surface area contributed by atoms with Gasteiger partial charge in [-0.1, -0.05) is 13.8 Å². The molecule has 4 heteroatoms. The van der Waals surface area contributed by atoms with Crippen LogP contribution >= 0.6 is 0 Å². The van der Waals surface area contributed by atoms with Gasteiger partial charge < -0.3 is 15.7 Å². The van der Waals surface area contributed by atoms with Gasteiger partial charge in [-0.05, 0) is 50.5 Å². The number of carbonyl (C=O) groups excluding carboxylic acids is 1. The Hall–Kier alpha value is -0.610. The predicted molar refractivity (Wildman–Crippen MR) is 77.7 cm³/mol. The van der Waals surface area contributed by atoms with Crippen LogP contribution in [0.3, 0.4) is 0 Å². The normalized spacial score (nSPS) is 16.2. The zero-order valence-corrected chi connectivity index (χ0v) is 12.5. The van der Waals surface area contributed by atoms with Crippen LogP contribution in [0.1, 0.15) is 58.8 Å². The highest BCUT2D eigenvalue weighted by Crippen LogP contribution is 2.29. The fourth-order valence-electron chi connectivity index (χ4n) is 2.56. The first kappa shape index (κ1) is 16.4. The van der Waals surface area contributed by atoms with E-state index < -0.39 is 0 Å². The average molecular weight is 270 g/mol. The first-order chi connectivity index (χ1) is 9.00. The molecule has 0 aromatic rings. The molecule has 0 saturated heterocycles. The van der Waals surface area contributed by atoms with Crippen LogP contribution in [-0.4, -0.2) is 41.7 Å². The van der Waals surface area contributed by atoms with Gasteiger partial charge in [0.1, 0.15) is 0 Å². The van der Waals surface area contributed by atoms with Gasteiger partial charge in [0.15, 0.2) is 0 Å². The summed E-state index contributed by atoms with van der Waals surface area (Å²) >= 11 is 0. The van der Waals surface area contributed by atoms with E-state index in [-0.39, 0.29) is 17.9 Å². The van der Waals surface area contributed by atoms with Crippen LogP contribution in [0.5, 0.6) is 0 Å². The summed E-state index contributed by atoms with van der Waals surface area (Å²) < 4.78 is 0. The molecular weight excluding hydrogens is 240 g/mol. The third kappa shape index (κ3) is 5.49. The molecule has 1 amide bonds. The van der Waals surface area contributed by atoms with Crippen molar-refractivity contribution in [2.24, 2.45) is 11.1 Å². The van der Waals surface area contributed by atoms with Gasteiger partial charge in [-0.15, -0.1) is 0 Å². The standard InChI is InChI=1S/C15H30N2O2/c1-15(2,9-10-16)8-7-14(19)17(11-4-12-18)13-5-3-6-13/h13,18H,3-12,16H2,1-2H3. The van der Waals surface area contributed by atoms with E-state index in [1.165, 1.54) is 6.42 Å². The van der Waals surface area contributed by atoms with Crippen molar-refractivity contribution in [1.29, 1.82) is 0 Å². The van der Waals surface area contributed by atoms with Crippen molar-refractivity contribution < 1.29 is 9.90 Å². The van der Waals surface area contributed by atoms with Gasteiger partial charge >= 0.3 is 0 Å². The zero-order valence-electron chi connectivity index (χ0n) is 12.5. The molecule has 3 N–H and O–H groups in total. The van der Waals surface area contributed by atoms with Gasteiger partial charge in [0, 0.05) is 25.6 Å². The topological polar surface area (TPSA) is 66.6 Å². The maximum atomic E-state index is 12.3. The van der Waals surface area contributed by atoms with Gasteiger partial charge in [0.25, 0.3) is 0 Å². The number of hydrogen-bond donors (Lipinski definition) is 2. The average Bonchev–Trinajstić information content (AvgIpc) is 2.29. The lowest BCUT2D eigenvalue weighted by Gasteiger charge is -2.38. The summed E-state index contributed by atoms with van der Waals surface area (Å²) in [5.41, 5.74) is 5.75. The lowest BCUT2D eigenvalue weighted by atomic mass is 9.84. The van der Waals surface area contributed by atoms with Crippen LogP contribution in [0.4, 0.5) is 0 Å². The van der Waals surface area contributed by atoms with Crippen LogP contribution in [0.15, 0.2) is 0 Å². The first-order valence-corrected chi connectivity index (χ1v) is 7.60. The van der Waals surface area contributed by atoms with Crippen LogP contribution in [0.25, 0.3) is 0 Å². The molecule has 0 heterocycles. The van der Waals surface area contributed by atoms with Gasteiger partial charge in [0.05, 0.1) is 0 Å². The molecule has 0 atom stereocenters. The lowest BCUT2D eigenvalue weighted by molar-refractivity contribution is -0.136. The Morgan fingerprint density at radius 1 is 1.37 bits per heavy atom. The molecule has 19 heavy (non-hydrogen) atoms. The molecule has 1 aliphatic rings. The molecule has 4 nitrogen and oxygen atoms in total.